The Kier molecular flexibility index (Phi) is 6.67. The number of thiophene rings is 1. The lowest BCUT2D eigenvalue weighted by Crippen LogP contribution is -2.21. The Bertz CT molecular complexity index is 866. The van der Waals surface area contributed by atoms with E-state index in [-0.39, 0.29) is 28.2 Å². The summed E-state index contributed by atoms with van der Waals surface area (Å²) in [5.41, 5.74) is 13.0. The third kappa shape index (κ3) is 4.51. The van der Waals surface area contributed by atoms with Crippen molar-refractivity contribution in [3.8, 4) is 5.75 Å². The van der Waals surface area contributed by atoms with E-state index in [1.165, 1.54) is 13.1 Å². The van der Waals surface area contributed by atoms with Crippen LogP contribution in [0.25, 0.3) is 0 Å². The van der Waals surface area contributed by atoms with Crippen LogP contribution < -0.4 is 21.5 Å². The summed E-state index contributed by atoms with van der Waals surface area (Å²) in [4.78, 5) is 16.4. The monoisotopic (exact) mass is 400 g/mol. The van der Waals surface area contributed by atoms with Gasteiger partial charge in [-0.05, 0) is 24.6 Å². The third-order valence-electron chi connectivity index (χ3n) is 3.66. The van der Waals surface area contributed by atoms with E-state index in [0.29, 0.717) is 16.0 Å². The molecule has 0 aliphatic carbocycles. The molecule has 2 aromatic rings. The van der Waals surface area contributed by atoms with Gasteiger partial charge in [-0.15, -0.1) is 11.3 Å². The van der Waals surface area contributed by atoms with E-state index in [9.17, 15) is 18.0 Å². The summed E-state index contributed by atoms with van der Waals surface area (Å²) in [5, 5.41) is 2.78. The molecule has 1 aromatic carbocycles. The highest BCUT2D eigenvalue weighted by Crippen LogP contribution is 2.33. The number of hydrogen-bond donors (Lipinski definition) is 3. The van der Waals surface area contributed by atoms with Gasteiger partial charge in [-0.25, -0.2) is 18.2 Å². The molecule has 0 unspecified atom stereocenters. The molecule has 146 valence electrons. The molecule has 6 nitrogen and oxygen atoms in total. The summed E-state index contributed by atoms with van der Waals surface area (Å²) in [6, 6.07) is 3.34. The summed E-state index contributed by atoms with van der Waals surface area (Å²) in [6.45, 7) is -0.505. The zero-order chi connectivity index (χ0) is 20.1. The van der Waals surface area contributed by atoms with Crippen LogP contribution in [0.15, 0.2) is 23.2 Å². The molecule has 10 heteroatoms. The Hall–Kier alpha value is -2.75. The van der Waals surface area contributed by atoms with Crippen LogP contribution in [0.1, 0.15) is 20.8 Å². The minimum absolute atomic E-state index is 0.0371. The number of amidine groups is 1. The van der Waals surface area contributed by atoms with Gasteiger partial charge in [0.05, 0.1) is 15.4 Å². The van der Waals surface area contributed by atoms with Crippen LogP contribution in [0, 0.1) is 12.7 Å². The predicted octanol–water partition coefficient (Wildman–Crippen LogP) is 2.86. The molecule has 0 aliphatic heterocycles. The van der Waals surface area contributed by atoms with Crippen molar-refractivity contribution in [1.82, 2.24) is 5.32 Å². The van der Waals surface area contributed by atoms with Crippen LogP contribution in [-0.2, 0) is 0 Å². The number of ether oxygens (including phenoxy) is 1. The number of nitrogens with zero attached hydrogens (tertiary/aromatic N) is 1. The van der Waals surface area contributed by atoms with Crippen LogP contribution in [0.4, 0.5) is 23.9 Å². The highest BCUT2D eigenvalue weighted by atomic mass is 32.1. The number of aliphatic imine (C=N–C) groups is 1. The van der Waals surface area contributed by atoms with E-state index >= 15 is 0 Å². The SMILES string of the molecule is CNC(=O)c1sc(N)c(C(N)=Nc2ccc(F)cc2OC(CF)CF)c1C. The number of nitrogen functional groups attached to an aromatic ring is 1. The maximum atomic E-state index is 13.5. The number of amides is 1. The molecule has 1 heterocycles. The second-order valence-electron chi connectivity index (χ2n) is 5.53. The molecule has 0 aliphatic rings. The average Bonchev–Trinajstić information content (AvgIpc) is 2.95. The maximum Gasteiger partial charge on any atom is 0.261 e. The number of halogens is 3. The molecule has 1 amide bonds. The largest absolute Gasteiger partial charge is 0.483 e. The lowest BCUT2D eigenvalue weighted by Gasteiger charge is -2.14. The number of hydrogen-bond acceptors (Lipinski definition) is 5. The number of benzene rings is 1. The number of carbonyl (C=O) groups is 1. The molecule has 1 aromatic heterocycles. The lowest BCUT2D eigenvalue weighted by molar-refractivity contribution is 0.0966. The fraction of sp³-hybridized carbons (Fsp3) is 0.294. The van der Waals surface area contributed by atoms with Crippen molar-refractivity contribution in [2.24, 2.45) is 10.7 Å². The number of rotatable bonds is 7. The molecule has 0 fully saturated rings. The zero-order valence-corrected chi connectivity index (χ0v) is 15.5. The predicted molar refractivity (Wildman–Crippen MR) is 100 cm³/mol. The van der Waals surface area contributed by atoms with Crippen molar-refractivity contribution in [2.45, 2.75) is 13.0 Å². The van der Waals surface area contributed by atoms with Crippen LogP contribution >= 0.6 is 11.3 Å². The molecule has 5 N–H and O–H groups in total. The number of anilines is 1. The van der Waals surface area contributed by atoms with Gasteiger partial charge < -0.3 is 21.5 Å². The fourth-order valence-electron chi connectivity index (χ4n) is 2.33. The van der Waals surface area contributed by atoms with E-state index in [0.717, 1.165) is 23.5 Å². The van der Waals surface area contributed by atoms with Gasteiger partial charge in [-0.1, -0.05) is 0 Å². The topological polar surface area (TPSA) is 103 Å². The molecular formula is C17H19F3N4O2S. The van der Waals surface area contributed by atoms with Crippen LogP contribution in [0.2, 0.25) is 0 Å². The van der Waals surface area contributed by atoms with Crippen LogP contribution in [0.3, 0.4) is 0 Å². The van der Waals surface area contributed by atoms with E-state index < -0.39 is 25.3 Å². The van der Waals surface area contributed by atoms with Gasteiger partial charge in [-0.2, -0.15) is 0 Å². The van der Waals surface area contributed by atoms with Crippen molar-refractivity contribution in [3.63, 3.8) is 0 Å². The van der Waals surface area contributed by atoms with Crippen LogP contribution in [-0.4, -0.2) is 38.2 Å². The fourth-order valence-corrected chi connectivity index (χ4v) is 3.36. The average molecular weight is 400 g/mol. The number of nitrogens with one attached hydrogen (secondary N) is 1. The summed E-state index contributed by atoms with van der Waals surface area (Å²) < 4.78 is 44.2. The highest BCUT2D eigenvalue weighted by molar-refractivity contribution is 7.18. The minimum atomic E-state index is -1.38. The summed E-state index contributed by atoms with van der Waals surface area (Å²) in [5.74, 6) is -1.17. The van der Waals surface area contributed by atoms with Gasteiger partial charge in [0.15, 0.2) is 6.10 Å². The van der Waals surface area contributed by atoms with Gasteiger partial charge in [0.25, 0.3) is 5.91 Å². The van der Waals surface area contributed by atoms with E-state index in [4.69, 9.17) is 16.2 Å². The standard InChI is InChI=1S/C17H19F3N4O2S/c1-8-13(16(22)27-14(8)17(25)23-2)15(21)24-11-4-3-9(20)5-12(11)26-10(6-18)7-19/h3-5,10H,6-7,22H2,1-2H3,(H2,21,24)(H,23,25). The Morgan fingerprint density at radius 1 is 1.37 bits per heavy atom. The van der Waals surface area contributed by atoms with E-state index in [1.54, 1.807) is 6.92 Å². The minimum Gasteiger partial charge on any atom is -0.483 e. The molecule has 27 heavy (non-hydrogen) atoms. The molecule has 0 saturated heterocycles. The Morgan fingerprint density at radius 2 is 2.04 bits per heavy atom. The van der Waals surface area contributed by atoms with Gasteiger partial charge in [-0.3, -0.25) is 4.79 Å². The van der Waals surface area contributed by atoms with Crippen molar-refractivity contribution in [3.05, 3.63) is 40.0 Å². The Labute approximate surface area is 158 Å². The van der Waals surface area contributed by atoms with E-state index in [2.05, 4.69) is 10.3 Å². The van der Waals surface area contributed by atoms with Gasteiger partial charge >= 0.3 is 0 Å². The summed E-state index contributed by atoms with van der Waals surface area (Å²) in [7, 11) is 1.49. The van der Waals surface area contributed by atoms with E-state index in [1.807, 2.05) is 0 Å². The second-order valence-corrected chi connectivity index (χ2v) is 6.58. The number of carbonyl (C=O) groups excluding carboxylic acids is 1. The summed E-state index contributed by atoms with van der Waals surface area (Å²) in [6.07, 6.45) is -1.38. The number of alkyl halides is 2. The zero-order valence-electron chi connectivity index (χ0n) is 14.7. The first-order valence-electron chi connectivity index (χ1n) is 7.85. The van der Waals surface area contributed by atoms with Crippen molar-refractivity contribution in [2.75, 3.05) is 26.1 Å². The molecule has 0 bridgehead atoms. The van der Waals surface area contributed by atoms with Gasteiger partial charge in [0, 0.05) is 13.1 Å². The van der Waals surface area contributed by atoms with Gasteiger partial charge in [0.1, 0.15) is 36.4 Å². The first kappa shape index (κ1) is 20.6. The molecule has 0 atom stereocenters. The molecule has 0 radical (unpaired) electrons. The maximum absolute atomic E-state index is 13.5. The quantitative estimate of drug-likeness (QED) is 0.491. The summed E-state index contributed by atoms with van der Waals surface area (Å²) >= 11 is 1.05. The molecule has 0 saturated carbocycles. The van der Waals surface area contributed by atoms with Crippen molar-refractivity contribution in [1.29, 1.82) is 0 Å². The smallest absolute Gasteiger partial charge is 0.261 e. The molecular weight excluding hydrogens is 381 g/mol. The van der Waals surface area contributed by atoms with Crippen LogP contribution in [0.5, 0.6) is 5.75 Å². The Morgan fingerprint density at radius 3 is 2.63 bits per heavy atom. The first-order valence-corrected chi connectivity index (χ1v) is 8.67. The van der Waals surface area contributed by atoms with Crippen molar-refractivity contribution < 1.29 is 22.7 Å². The first-order chi connectivity index (χ1) is 12.8. The second kappa shape index (κ2) is 8.76. The molecule has 2 rings (SSSR count). The molecule has 0 spiro atoms. The third-order valence-corrected chi connectivity index (χ3v) is 4.78. The normalized spacial score (nSPS) is 11.7. The highest BCUT2D eigenvalue weighted by Gasteiger charge is 2.21. The van der Waals surface area contributed by atoms with Gasteiger partial charge in [0.2, 0.25) is 0 Å². The lowest BCUT2D eigenvalue weighted by atomic mass is 10.1. The number of nitrogens with two attached hydrogens (primary N) is 2. The van der Waals surface area contributed by atoms with Crippen molar-refractivity contribution >= 4 is 33.8 Å². The Balaban J connectivity index is 2.47.